The summed E-state index contributed by atoms with van der Waals surface area (Å²) in [7, 11) is 0. The van der Waals surface area contributed by atoms with Gasteiger partial charge in [0.2, 0.25) is 5.91 Å². The van der Waals surface area contributed by atoms with Gasteiger partial charge in [0.25, 0.3) is 0 Å². The molecule has 0 spiro atoms. The molecule has 2 heterocycles. The third kappa shape index (κ3) is 4.19. The molecule has 1 amide bonds. The maximum atomic E-state index is 13.0. The van der Waals surface area contributed by atoms with Crippen LogP contribution in [-0.4, -0.2) is 25.9 Å². The minimum absolute atomic E-state index is 0.0479. The summed E-state index contributed by atoms with van der Waals surface area (Å²) in [5.74, 6) is 0.129. The molecule has 4 rings (SSSR count). The van der Waals surface area contributed by atoms with Crippen LogP contribution in [0.5, 0.6) is 0 Å². The number of amides is 1. The van der Waals surface area contributed by atoms with Gasteiger partial charge in [0.05, 0.1) is 17.0 Å². The zero-order valence-corrected chi connectivity index (χ0v) is 16.1. The molecule has 0 saturated carbocycles. The number of alkyl halides is 3. The van der Waals surface area contributed by atoms with Gasteiger partial charge in [0.15, 0.2) is 5.82 Å². The highest BCUT2D eigenvalue weighted by atomic mass is 19.4. The monoisotopic (exact) mass is 415 g/mol. The Morgan fingerprint density at radius 3 is 2.77 bits per heavy atom. The third-order valence-electron chi connectivity index (χ3n) is 5.28. The van der Waals surface area contributed by atoms with E-state index in [2.05, 4.69) is 15.3 Å². The number of benzene rings is 1. The largest absolute Gasteiger partial charge is 0.416 e. The third-order valence-corrected chi connectivity index (χ3v) is 5.28. The predicted molar refractivity (Wildman–Crippen MR) is 103 cm³/mol. The number of primary amides is 1. The number of hydrogen-bond acceptors (Lipinski definition) is 4. The second-order valence-electron chi connectivity index (χ2n) is 7.49. The Morgan fingerprint density at radius 2 is 2.00 bits per heavy atom. The predicted octanol–water partition coefficient (Wildman–Crippen LogP) is 3.57. The molecule has 0 bridgehead atoms. The zero-order chi connectivity index (χ0) is 21.3. The molecule has 2 N–H and O–H groups in total. The average Bonchev–Trinajstić information content (AvgIpc) is 3.13. The highest BCUT2D eigenvalue weighted by Crippen LogP contribution is 2.33. The Hall–Kier alpha value is -3.23. The lowest BCUT2D eigenvalue weighted by molar-refractivity contribution is -0.137. The molecule has 1 unspecified atom stereocenters. The van der Waals surface area contributed by atoms with Crippen molar-refractivity contribution in [3.63, 3.8) is 0 Å². The Labute approximate surface area is 170 Å². The number of nitrogens with two attached hydrogens (primary N) is 1. The molecular formula is C21H20F3N5O. The lowest BCUT2D eigenvalue weighted by Crippen LogP contribution is -2.19. The smallest absolute Gasteiger partial charge is 0.370 e. The van der Waals surface area contributed by atoms with E-state index in [4.69, 9.17) is 5.73 Å². The van der Waals surface area contributed by atoms with Crippen molar-refractivity contribution < 1.29 is 18.0 Å². The molecule has 1 aliphatic rings. The van der Waals surface area contributed by atoms with Crippen LogP contribution in [0.25, 0.3) is 5.82 Å². The molecule has 1 aromatic carbocycles. The number of aromatic nitrogens is 4. The number of halogens is 3. The van der Waals surface area contributed by atoms with Crippen molar-refractivity contribution in [2.75, 3.05) is 0 Å². The fraction of sp³-hybridized carbons (Fsp3) is 0.333. The normalized spacial score (nSPS) is 16.3. The van der Waals surface area contributed by atoms with Crippen LogP contribution in [0.3, 0.4) is 0 Å². The van der Waals surface area contributed by atoms with Gasteiger partial charge in [-0.25, -0.2) is 4.98 Å². The van der Waals surface area contributed by atoms with Crippen LogP contribution in [0.1, 0.15) is 53.3 Å². The van der Waals surface area contributed by atoms with Crippen molar-refractivity contribution in [3.05, 3.63) is 70.7 Å². The number of nitrogens with zero attached hydrogens (tertiary/aromatic N) is 4. The molecule has 1 aliphatic carbocycles. The van der Waals surface area contributed by atoms with Crippen LogP contribution in [-0.2, 0) is 23.8 Å². The molecule has 156 valence electrons. The summed E-state index contributed by atoms with van der Waals surface area (Å²) in [4.78, 5) is 15.7. The molecular weight excluding hydrogens is 395 g/mol. The van der Waals surface area contributed by atoms with E-state index in [1.54, 1.807) is 29.1 Å². The van der Waals surface area contributed by atoms with E-state index in [9.17, 15) is 18.0 Å². The first kappa shape index (κ1) is 20.1. The maximum Gasteiger partial charge on any atom is 0.416 e. The first-order valence-electron chi connectivity index (χ1n) is 9.65. The van der Waals surface area contributed by atoms with Crippen molar-refractivity contribution in [3.8, 4) is 5.82 Å². The molecule has 1 atom stereocenters. The second kappa shape index (κ2) is 7.89. The average molecular weight is 415 g/mol. The van der Waals surface area contributed by atoms with Crippen LogP contribution < -0.4 is 5.73 Å². The standard InChI is InChI=1S/C21H20F3N5O/c22-21(23,24)16-5-1-3-13(10-16)9-14-7-8-26-19(11-14)29-17-6-2-4-15(12-18(25)30)20(17)27-28-29/h1,3,5,7-8,10-11,15H,2,4,6,9,12H2,(H2,25,30). The zero-order valence-electron chi connectivity index (χ0n) is 16.1. The van der Waals surface area contributed by atoms with Gasteiger partial charge in [-0.15, -0.1) is 5.10 Å². The number of carbonyl (C=O) groups is 1. The lowest BCUT2D eigenvalue weighted by atomic mass is 9.87. The van der Waals surface area contributed by atoms with Crippen molar-refractivity contribution in [1.82, 2.24) is 20.0 Å². The molecule has 6 nitrogen and oxygen atoms in total. The van der Waals surface area contributed by atoms with Gasteiger partial charge in [0.1, 0.15) is 0 Å². The SMILES string of the molecule is NC(=O)CC1CCCc2c1nnn2-c1cc(Cc2cccc(C(F)(F)F)c2)ccn1. The number of fused-ring (bicyclic) bond motifs is 1. The van der Waals surface area contributed by atoms with Crippen LogP contribution in [0.2, 0.25) is 0 Å². The van der Waals surface area contributed by atoms with E-state index in [1.807, 2.05) is 0 Å². The fourth-order valence-electron chi connectivity index (χ4n) is 3.92. The van der Waals surface area contributed by atoms with Gasteiger partial charge in [-0.2, -0.15) is 17.9 Å². The Kier molecular flexibility index (Phi) is 5.27. The summed E-state index contributed by atoms with van der Waals surface area (Å²) in [6.07, 6.45) is 0.281. The van der Waals surface area contributed by atoms with E-state index in [0.717, 1.165) is 48.3 Å². The van der Waals surface area contributed by atoms with Crippen molar-refractivity contribution in [2.24, 2.45) is 5.73 Å². The fourth-order valence-corrected chi connectivity index (χ4v) is 3.92. The van der Waals surface area contributed by atoms with Gasteiger partial charge in [-0.3, -0.25) is 4.79 Å². The summed E-state index contributed by atoms with van der Waals surface area (Å²) in [6.45, 7) is 0. The van der Waals surface area contributed by atoms with Crippen LogP contribution in [0.15, 0.2) is 42.6 Å². The van der Waals surface area contributed by atoms with Gasteiger partial charge < -0.3 is 5.73 Å². The van der Waals surface area contributed by atoms with Crippen LogP contribution >= 0.6 is 0 Å². The summed E-state index contributed by atoms with van der Waals surface area (Å²) < 4.78 is 40.6. The quantitative estimate of drug-likeness (QED) is 0.690. The van der Waals surface area contributed by atoms with Crippen LogP contribution in [0, 0.1) is 0 Å². The van der Waals surface area contributed by atoms with Crippen molar-refractivity contribution in [2.45, 2.75) is 44.2 Å². The number of pyridine rings is 1. The summed E-state index contributed by atoms with van der Waals surface area (Å²) in [5.41, 5.74) is 7.73. The summed E-state index contributed by atoms with van der Waals surface area (Å²) >= 11 is 0. The van der Waals surface area contributed by atoms with Gasteiger partial charge in [-0.1, -0.05) is 23.4 Å². The molecule has 3 aromatic rings. The first-order valence-corrected chi connectivity index (χ1v) is 9.65. The molecule has 0 fully saturated rings. The molecule has 0 aliphatic heterocycles. The van der Waals surface area contributed by atoms with Crippen molar-refractivity contribution in [1.29, 1.82) is 0 Å². The molecule has 0 saturated heterocycles. The minimum Gasteiger partial charge on any atom is -0.370 e. The van der Waals surface area contributed by atoms with Gasteiger partial charge in [-0.05, 0) is 55.0 Å². The Morgan fingerprint density at radius 1 is 1.20 bits per heavy atom. The summed E-state index contributed by atoms with van der Waals surface area (Å²) in [6, 6.07) is 8.86. The van der Waals surface area contributed by atoms with E-state index < -0.39 is 11.7 Å². The van der Waals surface area contributed by atoms with Crippen molar-refractivity contribution >= 4 is 5.91 Å². The molecule has 0 radical (unpaired) electrons. The minimum atomic E-state index is -4.37. The van der Waals surface area contributed by atoms with Gasteiger partial charge >= 0.3 is 6.18 Å². The van der Waals surface area contributed by atoms with Gasteiger partial charge in [0, 0.05) is 18.5 Å². The number of rotatable bonds is 5. The number of carbonyl (C=O) groups excluding carboxylic acids is 1. The Bertz CT molecular complexity index is 1080. The molecule has 2 aromatic heterocycles. The first-order chi connectivity index (χ1) is 14.3. The molecule has 30 heavy (non-hydrogen) atoms. The summed E-state index contributed by atoms with van der Waals surface area (Å²) in [5, 5.41) is 8.48. The highest BCUT2D eigenvalue weighted by molar-refractivity contribution is 5.74. The maximum absolute atomic E-state index is 13.0. The highest BCUT2D eigenvalue weighted by Gasteiger charge is 2.30. The van der Waals surface area contributed by atoms with E-state index in [1.165, 1.54) is 6.07 Å². The lowest BCUT2D eigenvalue weighted by Gasteiger charge is -2.20. The Balaban J connectivity index is 1.61. The second-order valence-corrected chi connectivity index (χ2v) is 7.49. The van der Waals surface area contributed by atoms with Crippen LogP contribution in [0.4, 0.5) is 13.2 Å². The van der Waals surface area contributed by atoms with E-state index >= 15 is 0 Å². The molecule has 9 heteroatoms. The van der Waals surface area contributed by atoms with E-state index in [0.29, 0.717) is 17.8 Å². The topological polar surface area (TPSA) is 86.7 Å². The number of hydrogen-bond donors (Lipinski definition) is 1. The van der Waals surface area contributed by atoms with E-state index in [-0.39, 0.29) is 18.2 Å².